The molecule has 1 fully saturated rings. The van der Waals surface area contributed by atoms with Gasteiger partial charge in [-0.2, -0.15) is 5.10 Å². The topological polar surface area (TPSA) is 55.2 Å². The predicted molar refractivity (Wildman–Crippen MR) is 67.4 cm³/mol. The summed E-state index contributed by atoms with van der Waals surface area (Å²) < 4.78 is 1.72. The molecule has 0 aliphatic carbocycles. The van der Waals surface area contributed by atoms with Gasteiger partial charge in [-0.05, 0) is 27.2 Å². The quantitative estimate of drug-likeness (QED) is 0.788. The lowest BCUT2D eigenvalue weighted by atomic mass is 10.1. The molecule has 2 rings (SSSR count). The first kappa shape index (κ1) is 12.8. The number of likely N-dealkylation sites (tertiary alicyclic amines) is 1. The van der Waals surface area contributed by atoms with Gasteiger partial charge in [-0.15, -0.1) is 0 Å². The summed E-state index contributed by atoms with van der Waals surface area (Å²) in [5.41, 5.74) is 2.32. The van der Waals surface area contributed by atoms with Crippen LogP contribution >= 0.6 is 0 Å². The predicted octanol–water partition coefficient (Wildman–Crippen LogP) is 1.09. The van der Waals surface area contributed by atoms with Gasteiger partial charge in [0, 0.05) is 31.7 Å². The van der Waals surface area contributed by atoms with Crippen LogP contribution in [-0.2, 0) is 11.8 Å². The summed E-state index contributed by atoms with van der Waals surface area (Å²) >= 11 is 0. The average molecular weight is 249 g/mol. The molecule has 1 aliphatic rings. The highest BCUT2D eigenvalue weighted by Gasteiger charge is 2.31. The minimum Gasteiger partial charge on any atom is -0.338 e. The van der Waals surface area contributed by atoms with Crippen LogP contribution in [0.25, 0.3) is 0 Å². The first-order chi connectivity index (χ1) is 8.41. The smallest absolute Gasteiger partial charge is 0.257 e. The molecule has 2 heterocycles. The number of aromatic nitrogens is 2. The fraction of sp³-hybridized carbons (Fsp3) is 0.615. The van der Waals surface area contributed by atoms with E-state index in [1.807, 2.05) is 20.9 Å². The molecule has 0 aromatic carbocycles. The highest BCUT2D eigenvalue weighted by molar-refractivity contribution is 5.97. The van der Waals surface area contributed by atoms with Crippen molar-refractivity contribution in [3.8, 4) is 0 Å². The van der Waals surface area contributed by atoms with E-state index >= 15 is 0 Å². The number of hydrogen-bond donors (Lipinski definition) is 0. The third-order valence-corrected chi connectivity index (χ3v) is 3.77. The Balaban J connectivity index is 2.20. The molecule has 1 amide bonds. The normalized spacial score (nSPS) is 19.3. The molecule has 18 heavy (non-hydrogen) atoms. The molecular weight excluding hydrogens is 230 g/mol. The van der Waals surface area contributed by atoms with Crippen molar-refractivity contribution >= 4 is 11.7 Å². The van der Waals surface area contributed by atoms with Crippen LogP contribution in [0.5, 0.6) is 0 Å². The summed E-state index contributed by atoms with van der Waals surface area (Å²) in [6.45, 7) is 6.54. The summed E-state index contributed by atoms with van der Waals surface area (Å²) in [4.78, 5) is 25.5. The summed E-state index contributed by atoms with van der Waals surface area (Å²) in [6.07, 6.45) is 0.777. The maximum atomic E-state index is 12.4. The van der Waals surface area contributed by atoms with E-state index in [9.17, 15) is 9.59 Å². The zero-order valence-corrected chi connectivity index (χ0v) is 11.4. The van der Waals surface area contributed by atoms with Crippen LogP contribution in [0.3, 0.4) is 0 Å². The number of ketones is 1. The molecule has 1 aromatic heterocycles. The minimum absolute atomic E-state index is 0.00171. The van der Waals surface area contributed by atoms with Gasteiger partial charge in [0.25, 0.3) is 5.91 Å². The van der Waals surface area contributed by atoms with Crippen molar-refractivity contribution in [3.63, 3.8) is 0 Å². The molecule has 5 nitrogen and oxygen atoms in total. The van der Waals surface area contributed by atoms with E-state index in [1.54, 1.807) is 16.5 Å². The first-order valence-electron chi connectivity index (χ1n) is 6.21. The summed E-state index contributed by atoms with van der Waals surface area (Å²) in [7, 11) is 1.83. The van der Waals surface area contributed by atoms with Gasteiger partial charge in [-0.1, -0.05) is 0 Å². The maximum absolute atomic E-state index is 12.4. The van der Waals surface area contributed by atoms with Crippen LogP contribution in [0.15, 0.2) is 0 Å². The zero-order valence-electron chi connectivity index (χ0n) is 11.4. The van der Waals surface area contributed by atoms with Crippen molar-refractivity contribution in [1.29, 1.82) is 0 Å². The van der Waals surface area contributed by atoms with E-state index in [1.165, 1.54) is 0 Å². The van der Waals surface area contributed by atoms with Crippen molar-refractivity contribution in [3.05, 3.63) is 17.0 Å². The number of Topliss-reactive ketones (excluding diaryl/α,β-unsaturated/α-hetero) is 1. The number of rotatable bonds is 2. The largest absolute Gasteiger partial charge is 0.338 e. The lowest BCUT2D eigenvalue weighted by Gasteiger charge is -2.16. The van der Waals surface area contributed by atoms with Crippen LogP contribution in [0.1, 0.15) is 35.1 Å². The molecule has 0 unspecified atom stereocenters. The number of nitrogens with zero attached hydrogens (tertiary/aromatic N) is 3. The van der Waals surface area contributed by atoms with E-state index in [0.29, 0.717) is 18.7 Å². The lowest BCUT2D eigenvalue weighted by molar-refractivity contribution is -0.120. The van der Waals surface area contributed by atoms with E-state index in [4.69, 9.17) is 0 Å². The van der Waals surface area contributed by atoms with Crippen LogP contribution in [-0.4, -0.2) is 39.5 Å². The molecule has 0 saturated carbocycles. The van der Waals surface area contributed by atoms with Crippen LogP contribution < -0.4 is 0 Å². The van der Waals surface area contributed by atoms with Gasteiger partial charge in [0.1, 0.15) is 5.78 Å². The third-order valence-electron chi connectivity index (χ3n) is 3.77. The zero-order chi connectivity index (χ0) is 13.4. The Morgan fingerprint density at radius 1 is 1.33 bits per heavy atom. The van der Waals surface area contributed by atoms with Crippen LogP contribution in [0.2, 0.25) is 0 Å². The van der Waals surface area contributed by atoms with Gasteiger partial charge in [0.05, 0.1) is 11.3 Å². The fourth-order valence-electron chi connectivity index (χ4n) is 2.52. The van der Waals surface area contributed by atoms with Gasteiger partial charge < -0.3 is 4.90 Å². The number of amides is 1. The van der Waals surface area contributed by atoms with Gasteiger partial charge in [-0.25, -0.2) is 0 Å². The van der Waals surface area contributed by atoms with Crippen molar-refractivity contribution in [2.75, 3.05) is 13.1 Å². The minimum atomic E-state index is 0.00171. The molecule has 1 saturated heterocycles. The molecule has 0 spiro atoms. The van der Waals surface area contributed by atoms with Crippen LogP contribution in [0, 0.1) is 19.8 Å². The van der Waals surface area contributed by atoms with E-state index < -0.39 is 0 Å². The standard InChI is InChI=1S/C13H19N3O2/c1-8-12(9(2)15(4)14-8)13(18)16-6-5-11(7-16)10(3)17/h11H,5-7H2,1-4H3/t11-/m0/s1. The molecule has 1 aliphatic heterocycles. The third kappa shape index (κ3) is 2.05. The summed E-state index contributed by atoms with van der Waals surface area (Å²) in [5.74, 6) is 0.179. The maximum Gasteiger partial charge on any atom is 0.257 e. The second kappa shape index (κ2) is 4.55. The van der Waals surface area contributed by atoms with E-state index in [-0.39, 0.29) is 17.6 Å². The lowest BCUT2D eigenvalue weighted by Crippen LogP contribution is -2.30. The molecular formula is C13H19N3O2. The number of aryl methyl sites for hydroxylation is 2. The van der Waals surface area contributed by atoms with Crippen molar-refractivity contribution in [2.24, 2.45) is 13.0 Å². The molecule has 1 atom stereocenters. The Morgan fingerprint density at radius 3 is 2.44 bits per heavy atom. The van der Waals surface area contributed by atoms with Gasteiger partial charge >= 0.3 is 0 Å². The molecule has 5 heteroatoms. The van der Waals surface area contributed by atoms with Gasteiger partial charge in [0.15, 0.2) is 0 Å². The van der Waals surface area contributed by atoms with E-state index in [2.05, 4.69) is 5.10 Å². The molecule has 0 radical (unpaired) electrons. The Morgan fingerprint density at radius 2 is 2.00 bits per heavy atom. The van der Waals surface area contributed by atoms with Crippen molar-refractivity contribution < 1.29 is 9.59 Å². The van der Waals surface area contributed by atoms with Crippen molar-refractivity contribution in [2.45, 2.75) is 27.2 Å². The second-order valence-electron chi connectivity index (χ2n) is 5.02. The summed E-state index contributed by atoms with van der Waals surface area (Å²) in [5, 5.41) is 4.26. The Hall–Kier alpha value is -1.65. The Bertz CT molecular complexity index is 505. The van der Waals surface area contributed by atoms with Crippen LogP contribution in [0.4, 0.5) is 0 Å². The Kier molecular flexibility index (Phi) is 3.24. The SMILES string of the molecule is CC(=O)[C@H]1CCN(C(=O)c2c(C)nn(C)c2C)C1. The molecule has 0 bridgehead atoms. The number of carbonyl (C=O) groups is 2. The highest BCUT2D eigenvalue weighted by atomic mass is 16.2. The summed E-state index contributed by atoms with van der Waals surface area (Å²) in [6, 6.07) is 0. The molecule has 98 valence electrons. The number of carbonyl (C=O) groups excluding carboxylic acids is 2. The van der Waals surface area contributed by atoms with E-state index in [0.717, 1.165) is 17.8 Å². The number of hydrogen-bond acceptors (Lipinski definition) is 3. The highest BCUT2D eigenvalue weighted by Crippen LogP contribution is 2.22. The van der Waals surface area contributed by atoms with Crippen molar-refractivity contribution in [1.82, 2.24) is 14.7 Å². The van der Waals surface area contributed by atoms with Gasteiger partial charge in [-0.3, -0.25) is 14.3 Å². The molecule has 1 aromatic rings. The second-order valence-corrected chi connectivity index (χ2v) is 5.02. The Labute approximate surface area is 107 Å². The first-order valence-corrected chi connectivity index (χ1v) is 6.21. The molecule has 0 N–H and O–H groups in total. The average Bonchev–Trinajstić information content (AvgIpc) is 2.85. The van der Waals surface area contributed by atoms with Gasteiger partial charge in [0.2, 0.25) is 0 Å². The monoisotopic (exact) mass is 249 g/mol. The fourth-order valence-corrected chi connectivity index (χ4v) is 2.52.